The van der Waals surface area contributed by atoms with Gasteiger partial charge in [-0.3, -0.25) is 0 Å². The molecule has 0 heteroatoms. The normalized spacial score (nSPS) is 25.8. The van der Waals surface area contributed by atoms with Crippen molar-refractivity contribution in [1.29, 1.82) is 0 Å². The fraction of sp³-hybridized carbons (Fsp3) is 0.769. The minimum absolute atomic E-state index is 0.755. The van der Waals surface area contributed by atoms with E-state index in [2.05, 4.69) is 26.5 Å². The average molecular weight is 355 g/mol. The molecule has 146 valence electrons. The molecule has 3 saturated carbocycles. The first kappa shape index (κ1) is 20.0. The van der Waals surface area contributed by atoms with Gasteiger partial charge in [0.05, 0.1) is 0 Å². The minimum atomic E-state index is 0.755. The Bertz CT molecular complexity index is 514. The maximum absolute atomic E-state index is 4.57. The lowest BCUT2D eigenvalue weighted by atomic mass is 9.75. The van der Waals surface area contributed by atoms with E-state index in [-0.39, 0.29) is 0 Å². The van der Waals surface area contributed by atoms with Crippen molar-refractivity contribution in [2.45, 2.75) is 110 Å². The summed E-state index contributed by atoms with van der Waals surface area (Å²) in [5.41, 5.74) is 6.48. The number of hydrogen-bond donors (Lipinski definition) is 0. The molecule has 3 fully saturated rings. The quantitative estimate of drug-likeness (QED) is 0.434. The lowest BCUT2D eigenvalue weighted by Gasteiger charge is -2.31. The van der Waals surface area contributed by atoms with E-state index in [0.717, 1.165) is 17.8 Å². The minimum Gasteiger partial charge on any atom is -0.0955 e. The Kier molecular flexibility index (Phi) is 7.64. The van der Waals surface area contributed by atoms with Crippen LogP contribution in [0.5, 0.6) is 0 Å². The first-order valence-electron chi connectivity index (χ1n) is 11.7. The van der Waals surface area contributed by atoms with Crippen LogP contribution in [0.2, 0.25) is 0 Å². The molecule has 0 spiro atoms. The fourth-order valence-corrected chi connectivity index (χ4v) is 5.81. The van der Waals surface area contributed by atoms with Gasteiger partial charge in [0.15, 0.2) is 0 Å². The maximum atomic E-state index is 4.57. The molecular formula is C26H42. The molecule has 0 aromatic heterocycles. The first-order valence-corrected chi connectivity index (χ1v) is 11.7. The highest BCUT2D eigenvalue weighted by Crippen LogP contribution is 2.40. The molecule has 0 aromatic rings. The Balaban J connectivity index is 1.83. The van der Waals surface area contributed by atoms with Gasteiger partial charge in [-0.2, -0.15) is 0 Å². The third kappa shape index (κ3) is 5.14. The lowest BCUT2D eigenvalue weighted by Crippen LogP contribution is -2.15. The second kappa shape index (κ2) is 9.95. The summed E-state index contributed by atoms with van der Waals surface area (Å²) < 4.78 is 0. The Morgan fingerprint density at radius 2 is 1.04 bits per heavy atom. The monoisotopic (exact) mass is 354 g/mol. The Morgan fingerprint density at radius 1 is 0.615 bits per heavy atom. The summed E-state index contributed by atoms with van der Waals surface area (Å²) in [5, 5.41) is 0. The van der Waals surface area contributed by atoms with Gasteiger partial charge in [-0.05, 0) is 81.3 Å². The molecule has 0 atom stereocenters. The van der Waals surface area contributed by atoms with E-state index < -0.39 is 0 Å². The molecule has 0 nitrogen and oxygen atoms in total. The summed E-state index contributed by atoms with van der Waals surface area (Å²) in [4.78, 5) is 0. The van der Waals surface area contributed by atoms with Crippen LogP contribution in [0.25, 0.3) is 0 Å². The van der Waals surface area contributed by atoms with E-state index in [0.29, 0.717) is 0 Å². The zero-order chi connectivity index (χ0) is 18.4. The summed E-state index contributed by atoms with van der Waals surface area (Å²) in [6.45, 7) is 9.46. The number of hydrogen-bond acceptors (Lipinski definition) is 0. The van der Waals surface area contributed by atoms with Gasteiger partial charge >= 0.3 is 0 Å². The van der Waals surface area contributed by atoms with Crippen LogP contribution in [0.1, 0.15) is 110 Å². The standard InChI is InChI=1S/C26H42/c1-20(23-13-7-4-8-14-23)19-26(25-17-11-6-12-18-25)22(3)21(2)24-15-9-5-10-16-24/h19,23-25H,1,4-18H2,2-3H3. The van der Waals surface area contributed by atoms with E-state index in [4.69, 9.17) is 0 Å². The Labute approximate surface area is 163 Å². The highest BCUT2D eigenvalue weighted by atomic mass is 14.3. The molecular weight excluding hydrogens is 312 g/mol. The second-order valence-electron chi connectivity index (χ2n) is 9.49. The highest BCUT2D eigenvalue weighted by Gasteiger charge is 2.24. The van der Waals surface area contributed by atoms with E-state index in [1.807, 2.05) is 0 Å². The van der Waals surface area contributed by atoms with Gasteiger partial charge in [-0.25, -0.2) is 0 Å². The van der Waals surface area contributed by atoms with Crippen molar-refractivity contribution in [2.75, 3.05) is 0 Å². The average Bonchev–Trinajstić information content (AvgIpc) is 2.72. The van der Waals surface area contributed by atoms with Gasteiger partial charge in [0, 0.05) is 0 Å². The molecule has 0 heterocycles. The second-order valence-corrected chi connectivity index (χ2v) is 9.49. The summed E-state index contributed by atoms with van der Waals surface area (Å²) >= 11 is 0. The van der Waals surface area contributed by atoms with Crippen LogP contribution in [0.4, 0.5) is 0 Å². The summed E-state index contributed by atoms with van der Waals surface area (Å²) in [6.07, 6.45) is 23.8. The molecule has 0 aliphatic heterocycles. The van der Waals surface area contributed by atoms with Crippen molar-refractivity contribution in [3.8, 4) is 0 Å². The molecule has 3 rings (SSSR count). The third-order valence-corrected chi connectivity index (χ3v) is 7.76. The van der Waals surface area contributed by atoms with Crippen LogP contribution in [0.15, 0.2) is 34.9 Å². The zero-order valence-electron chi connectivity index (χ0n) is 17.6. The van der Waals surface area contributed by atoms with Gasteiger partial charge in [0.1, 0.15) is 0 Å². The van der Waals surface area contributed by atoms with Crippen LogP contribution in [0.3, 0.4) is 0 Å². The van der Waals surface area contributed by atoms with Crippen molar-refractivity contribution in [3.05, 3.63) is 34.9 Å². The summed E-state index contributed by atoms with van der Waals surface area (Å²) in [7, 11) is 0. The third-order valence-electron chi connectivity index (χ3n) is 7.76. The molecule has 3 aliphatic carbocycles. The molecule has 26 heavy (non-hydrogen) atoms. The van der Waals surface area contributed by atoms with E-state index in [1.165, 1.54) is 102 Å². The predicted octanol–water partition coefficient (Wildman–Crippen LogP) is 8.55. The SMILES string of the molecule is C=C(C=C(C(C)=C(C)C1CCCCC1)C1CCCCC1)C1CCCCC1. The summed E-state index contributed by atoms with van der Waals surface area (Å²) in [5.74, 6) is 2.39. The molecule has 0 radical (unpaired) electrons. The zero-order valence-corrected chi connectivity index (χ0v) is 17.6. The fourth-order valence-electron chi connectivity index (χ4n) is 5.81. The van der Waals surface area contributed by atoms with Crippen LogP contribution in [0, 0.1) is 17.8 Å². The van der Waals surface area contributed by atoms with Crippen molar-refractivity contribution in [2.24, 2.45) is 17.8 Å². The molecule has 0 amide bonds. The molecule has 0 N–H and O–H groups in total. The topological polar surface area (TPSA) is 0 Å². The number of rotatable bonds is 5. The molecule has 0 unspecified atom stereocenters. The van der Waals surface area contributed by atoms with Crippen molar-refractivity contribution >= 4 is 0 Å². The van der Waals surface area contributed by atoms with Crippen molar-refractivity contribution < 1.29 is 0 Å². The lowest BCUT2D eigenvalue weighted by molar-refractivity contribution is 0.390. The van der Waals surface area contributed by atoms with Crippen molar-refractivity contribution in [3.63, 3.8) is 0 Å². The maximum Gasteiger partial charge on any atom is -0.0159 e. The number of allylic oxidation sites excluding steroid dienone is 5. The molecule has 0 bridgehead atoms. The Hall–Kier alpha value is -0.780. The highest BCUT2D eigenvalue weighted by molar-refractivity contribution is 5.41. The van der Waals surface area contributed by atoms with Gasteiger partial charge in [0.2, 0.25) is 0 Å². The molecule has 3 aliphatic rings. The smallest absolute Gasteiger partial charge is 0.0159 e. The van der Waals surface area contributed by atoms with Gasteiger partial charge in [0.25, 0.3) is 0 Å². The van der Waals surface area contributed by atoms with Crippen LogP contribution in [-0.2, 0) is 0 Å². The first-order chi connectivity index (χ1) is 12.7. The van der Waals surface area contributed by atoms with Crippen molar-refractivity contribution in [1.82, 2.24) is 0 Å². The van der Waals surface area contributed by atoms with Gasteiger partial charge < -0.3 is 0 Å². The van der Waals surface area contributed by atoms with Crippen LogP contribution < -0.4 is 0 Å². The van der Waals surface area contributed by atoms with E-state index >= 15 is 0 Å². The van der Waals surface area contributed by atoms with E-state index in [1.54, 1.807) is 16.7 Å². The Morgan fingerprint density at radius 3 is 1.54 bits per heavy atom. The van der Waals surface area contributed by atoms with E-state index in [9.17, 15) is 0 Å². The van der Waals surface area contributed by atoms with Gasteiger partial charge in [-0.1, -0.05) is 81.6 Å². The molecule has 0 aromatic carbocycles. The largest absolute Gasteiger partial charge is 0.0955 e. The van der Waals surface area contributed by atoms with Crippen LogP contribution >= 0.6 is 0 Å². The summed E-state index contributed by atoms with van der Waals surface area (Å²) in [6, 6.07) is 0. The molecule has 0 saturated heterocycles. The predicted molar refractivity (Wildman–Crippen MR) is 115 cm³/mol. The van der Waals surface area contributed by atoms with Gasteiger partial charge in [-0.15, -0.1) is 0 Å². The van der Waals surface area contributed by atoms with Crippen LogP contribution in [-0.4, -0.2) is 0 Å².